The van der Waals surface area contributed by atoms with Gasteiger partial charge in [0, 0.05) is 57.9 Å². The average molecular weight is 477 g/mol. The van der Waals surface area contributed by atoms with Crippen molar-refractivity contribution in [2.45, 2.75) is 30.8 Å². The molecule has 3 heterocycles. The number of nitrogens with zero attached hydrogens (tertiary/aromatic N) is 6. The highest BCUT2D eigenvalue weighted by atomic mass is 32.2. The van der Waals surface area contributed by atoms with Gasteiger partial charge in [-0.3, -0.25) is 9.69 Å². The third-order valence-corrected chi connectivity index (χ3v) is 7.39. The lowest BCUT2D eigenvalue weighted by Crippen LogP contribution is -2.50. The van der Waals surface area contributed by atoms with E-state index < -0.39 is 0 Å². The minimum atomic E-state index is -0.282. The number of benzene rings is 1. The first-order valence-electron chi connectivity index (χ1n) is 11.7. The van der Waals surface area contributed by atoms with E-state index in [0.29, 0.717) is 12.4 Å². The fourth-order valence-corrected chi connectivity index (χ4v) is 5.17. The summed E-state index contributed by atoms with van der Waals surface area (Å²) in [4.78, 5) is 19.8. The smallest absolute Gasteiger partial charge is 0.235 e. The second kappa shape index (κ2) is 11.4. The Balaban J connectivity index is 1.48. The molecule has 0 aliphatic carbocycles. The van der Waals surface area contributed by atoms with Gasteiger partial charge in [-0.1, -0.05) is 18.7 Å². The van der Waals surface area contributed by atoms with Crippen molar-refractivity contribution < 1.29 is 13.9 Å². The molecule has 2 aliphatic heterocycles. The molecule has 180 valence electrons. The molecule has 1 amide bonds. The van der Waals surface area contributed by atoms with Gasteiger partial charge in [0.05, 0.1) is 18.5 Å². The summed E-state index contributed by atoms with van der Waals surface area (Å²) in [6, 6.07) is 6.32. The van der Waals surface area contributed by atoms with E-state index in [1.165, 1.54) is 23.9 Å². The highest BCUT2D eigenvalue weighted by Crippen LogP contribution is 2.28. The number of rotatable bonds is 8. The molecule has 8 nitrogen and oxygen atoms in total. The van der Waals surface area contributed by atoms with Gasteiger partial charge in [-0.2, -0.15) is 0 Å². The Hall–Kier alpha value is -2.01. The molecule has 2 aromatic rings. The Morgan fingerprint density at radius 2 is 1.73 bits per heavy atom. The number of carbonyl (C=O) groups excluding carboxylic acids is 1. The van der Waals surface area contributed by atoms with Gasteiger partial charge < -0.3 is 19.1 Å². The minimum Gasteiger partial charge on any atom is -0.379 e. The lowest BCUT2D eigenvalue weighted by atomic mass is 10.2. The van der Waals surface area contributed by atoms with Gasteiger partial charge >= 0.3 is 0 Å². The van der Waals surface area contributed by atoms with Crippen molar-refractivity contribution in [2.75, 3.05) is 65.6 Å². The maximum Gasteiger partial charge on any atom is 0.235 e. The van der Waals surface area contributed by atoms with Gasteiger partial charge in [-0.25, -0.2) is 4.39 Å². The number of halogens is 1. The third kappa shape index (κ3) is 6.11. The maximum absolute atomic E-state index is 13.5. The Bertz CT molecular complexity index is 910. The molecule has 33 heavy (non-hydrogen) atoms. The van der Waals surface area contributed by atoms with Crippen LogP contribution in [0.25, 0.3) is 11.4 Å². The normalized spacial score (nSPS) is 19.1. The monoisotopic (exact) mass is 476 g/mol. The molecule has 1 aromatic heterocycles. The highest BCUT2D eigenvalue weighted by molar-refractivity contribution is 8.00. The van der Waals surface area contributed by atoms with Crippen molar-refractivity contribution in [3.05, 3.63) is 30.1 Å². The van der Waals surface area contributed by atoms with Crippen LogP contribution in [0.15, 0.2) is 29.4 Å². The molecule has 10 heteroatoms. The summed E-state index contributed by atoms with van der Waals surface area (Å²) in [6.45, 7) is 13.3. The Morgan fingerprint density at radius 1 is 1.03 bits per heavy atom. The molecule has 0 saturated carbocycles. The van der Waals surface area contributed by atoms with E-state index in [0.717, 1.165) is 76.3 Å². The third-order valence-electron chi connectivity index (χ3n) is 6.32. The van der Waals surface area contributed by atoms with Gasteiger partial charge in [0.15, 0.2) is 11.0 Å². The first kappa shape index (κ1) is 24.1. The van der Waals surface area contributed by atoms with Crippen molar-refractivity contribution in [1.29, 1.82) is 0 Å². The zero-order valence-corrected chi connectivity index (χ0v) is 20.3. The van der Waals surface area contributed by atoms with Gasteiger partial charge in [0.25, 0.3) is 0 Å². The molecule has 2 aliphatic rings. The maximum atomic E-state index is 13.5. The van der Waals surface area contributed by atoms with E-state index >= 15 is 0 Å². The molecule has 0 bridgehead atoms. The lowest BCUT2D eigenvalue weighted by Gasteiger charge is -2.35. The number of carbonyl (C=O) groups is 1. The van der Waals surface area contributed by atoms with Crippen LogP contribution in [0.5, 0.6) is 0 Å². The summed E-state index contributed by atoms with van der Waals surface area (Å²) >= 11 is 1.45. The van der Waals surface area contributed by atoms with Gasteiger partial charge in [-0.15, -0.1) is 10.2 Å². The number of amides is 1. The van der Waals surface area contributed by atoms with E-state index in [1.54, 1.807) is 12.1 Å². The van der Waals surface area contributed by atoms with Crippen LogP contribution in [0.2, 0.25) is 0 Å². The topological polar surface area (TPSA) is 66.7 Å². The molecule has 2 saturated heterocycles. The molecule has 0 radical (unpaired) electrons. The fraction of sp³-hybridized carbons (Fsp3) is 0.609. The largest absolute Gasteiger partial charge is 0.379 e. The number of ether oxygens (including phenoxy) is 1. The Morgan fingerprint density at radius 3 is 2.39 bits per heavy atom. The van der Waals surface area contributed by atoms with Crippen LogP contribution in [-0.4, -0.2) is 106 Å². The Kier molecular flexibility index (Phi) is 8.34. The number of hydrogen-bond acceptors (Lipinski definition) is 7. The predicted molar refractivity (Wildman–Crippen MR) is 127 cm³/mol. The summed E-state index contributed by atoms with van der Waals surface area (Å²) < 4.78 is 21.0. The minimum absolute atomic E-state index is 0.141. The number of thioether (sulfide) groups is 1. The molecular weight excluding hydrogens is 443 g/mol. The van der Waals surface area contributed by atoms with E-state index in [1.807, 2.05) is 11.8 Å². The first-order valence-corrected chi connectivity index (χ1v) is 12.6. The summed E-state index contributed by atoms with van der Waals surface area (Å²) in [7, 11) is 0. The lowest BCUT2D eigenvalue weighted by molar-refractivity contribution is -0.132. The van der Waals surface area contributed by atoms with Crippen LogP contribution < -0.4 is 0 Å². The highest BCUT2D eigenvalue weighted by Gasteiger charge is 2.27. The molecule has 0 spiro atoms. The van der Waals surface area contributed by atoms with Crippen LogP contribution in [0.3, 0.4) is 0 Å². The number of aromatic nitrogens is 3. The van der Waals surface area contributed by atoms with Crippen molar-refractivity contribution in [3.8, 4) is 11.4 Å². The van der Waals surface area contributed by atoms with Crippen molar-refractivity contribution in [2.24, 2.45) is 0 Å². The summed E-state index contributed by atoms with van der Waals surface area (Å²) in [5.41, 5.74) is 0.812. The van der Waals surface area contributed by atoms with Crippen molar-refractivity contribution in [3.63, 3.8) is 0 Å². The second-order valence-electron chi connectivity index (χ2n) is 8.44. The molecule has 2 fully saturated rings. The molecular formula is C23H33FN6O2S. The molecule has 1 atom stereocenters. The van der Waals surface area contributed by atoms with Gasteiger partial charge in [-0.05, 0) is 37.7 Å². The van der Waals surface area contributed by atoms with E-state index in [-0.39, 0.29) is 17.0 Å². The SMILES string of the molecule is CCN1CCN(C(=O)C(C)Sc2nnc(-c3ccc(F)cc3)n2CCN2CCOCC2)CC1. The zero-order chi connectivity index (χ0) is 23.2. The van der Waals surface area contributed by atoms with Gasteiger partial charge in [0.1, 0.15) is 5.82 Å². The van der Waals surface area contributed by atoms with Gasteiger partial charge in [0.2, 0.25) is 5.91 Å². The van der Waals surface area contributed by atoms with Crippen LogP contribution in [0, 0.1) is 5.82 Å². The quantitative estimate of drug-likeness (QED) is 0.541. The molecule has 1 aromatic carbocycles. The fourth-order valence-electron chi connectivity index (χ4n) is 4.21. The van der Waals surface area contributed by atoms with Crippen LogP contribution in [0.1, 0.15) is 13.8 Å². The standard InChI is InChI=1S/C23H33FN6O2S/c1-3-27-8-11-29(12-9-27)22(31)18(2)33-23-26-25-21(19-4-6-20(24)7-5-19)30(23)13-10-28-14-16-32-17-15-28/h4-7,18H,3,8-17H2,1-2H3. The van der Waals surface area contributed by atoms with E-state index in [4.69, 9.17) is 4.74 Å². The number of piperazine rings is 1. The van der Waals surface area contributed by atoms with Crippen LogP contribution in [-0.2, 0) is 16.1 Å². The average Bonchev–Trinajstić information content (AvgIpc) is 3.25. The Labute approximate surface area is 199 Å². The summed E-state index contributed by atoms with van der Waals surface area (Å²) in [5, 5.41) is 9.31. The molecule has 0 N–H and O–H groups in total. The van der Waals surface area contributed by atoms with Crippen LogP contribution >= 0.6 is 11.8 Å². The predicted octanol–water partition coefficient (Wildman–Crippen LogP) is 2.06. The van der Waals surface area contributed by atoms with Crippen LogP contribution in [0.4, 0.5) is 4.39 Å². The van der Waals surface area contributed by atoms with E-state index in [9.17, 15) is 9.18 Å². The molecule has 1 unspecified atom stereocenters. The first-order chi connectivity index (χ1) is 16.0. The van der Waals surface area contributed by atoms with Crippen molar-refractivity contribution >= 4 is 17.7 Å². The number of likely N-dealkylation sites (N-methyl/N-ethyl adjacent to an activating group) is 1. The number of morpholine rings is 1. The zero-order valence-electron chi connectivity index (χ0n) is 19.5. The summed E-state index contributed by atoms with van der Waals surface area (Å²) in [6.07, 6.45) is 0. The summed E-state index contributed by atoms with van der Waals surface area (Å²) in [5.74, 6) is 0.555. The van der Waals surface area contributed by atoms with Crippen molar-refractivity contribution in [1.82, 2.24) is 29.5 Å². The van der Waals surface area contributed by atoms with E-state index in [2.05, 4.69) is 31.5 Å². The number of hydrogen-bond donors (Lipinski definition) is 0. The molecule has 4 rings (SSSR count). The second-order valence-corrected chi connectivity index (χ2v) is 9.75.